The fourth-order valence-corrected chi connectivity index (χ4v) is 3.47. The van der Waals surface area contributed by atoms with Crippen LogP contribution >= 0.6 is 11.8 Å². The van der Waals surface area contributed by atoms with Crippen LogP contribution in [0.25, 0.3) is 11.6 Å². The average molecular weight is 346 g/mol. The summed E-state index contributed by atoms with van der Waals surface area (Å²) < 4.78 is 13.0. The van der Waals surface area contributed by atoms with Crippen LogP contribution in [-0.2, 0) is 6.54 Å². The molecule has 0 amide bonds. The van der Waals surface area contributed by atoms with E-state index in [0.717, 1.165) is 30.2 Å². The number of rotatable bonds is 7. The lowest BCUT2D eigenvalue weighted by molar-refractivity contribution is 0.379. The zero-order chi connectivity index (χ0) is 17.1. The number of thioether (sulfide) groups is 1. The van der Waals surface area contributed by atoms with Crippen LogP contribution in [-0.4, -0.2) is 19.7 Å². The van der Waals surface area contributed by atoms with Gasteiger partial charge in [0, 0.05) is 12.2 Å². The maximum atomic E-state index is 5.40. The molecule has 0 aliphatic carbocycles. The molecule has 0 aliphatic rings. The van der Waals surface area contributed by atoms with Crippen molar-refractivity contribution in [2.45, 2.75) is 57.5 Å². The fourth-order valence-electron chi connectivity index (χ4n) is 2.41. The largest absolute Gasteiger partial charge is 0.461 e. The van der Waals surface area contributed by atoms with E-state index in [0.29, 0.717) is 17.5 Å². The number of aromatic nitrogens is 4. The molecule has 128 valence electrons. The van der Waals surface area contributed by atoms with E-state index in [1.54, 1.807) is 24.1 Å². The van der Waals surface area contributed by atoms with Gasteiger partial charge in [0.15, 0.2) is 10.9 Å². The molecule has 0 saturated heterocycles. The lowest BCUT2D eigenvalue weighted by atomic mass is 10.3. The Morgan fingerprint density at radius 1 is 1.29 bits per heavy atom. The van der Waals surface area contributed by atoms with Crippen molar-refractivity contribution < 1.29 is 8.94 Å². The third-order valence-electron chi connectivity index (χ3n) is 3.97. The number of hydrogen-bond donors (Lipinski definition) is 0. The summed E-state index contributed by atoms with van der Waals surface area (Å²) in [6, 6.07) is 3.62. The molecule has 0 unspecified atom stereocenters. The SMILES string of the molecule is CCCCn1c(S[C@@H](C)c2nc(-c3ccco3)no2)nc(C)c1C. The summed E-state index contributed by atoms with van der Waals surface area (Å²) in [4.78, 5) is 9.14. The van der Waals surface area contributed by atoms with Crippen molar-refractivity contribution in [2.24, 2.45) is 0 Å². The van der Waals surface area contributed by atoms with Crippen molar-refractivity contribution in [1.82, 2.24) is 19.7 Å². The number of imidazole rings is 1. The Bertz CT molecular complexity index is 792. The van der Waals surface area contributed by atoms with Gasteiger partial charge in [-0.2, -0.15) is 4.98 Å². The fraction of sp³-hybridized carbons (Fsp3) is 0.471. The third-order valence-corrected chi connectivity index (χ3v) is 5.05. The van der Waals surface area contributed by atoms with Crippen molar-refractivity contribution in [3.63, 3.8) is 0 Å². The minimum Gasteiger partial charge on any atom is -0.461 e. The Kier molecular flexibility index (Phi) is 5.08. The molecule has 7 heteroatoms. The molecule has 3 aromatic heterocycles. The van der Waals surface area contributed by atoms with Gasteiger partial charge in [0.2, 0.25) is 11.7 Å². The van der Waals surface area contributed by atoms with Crippen LogP contribution in [0.5, 0.6) is 0 Å². The smallest absolute Gasteiger partial charge is 0.240 e. The second-order valence-electron chi connectivity index (χ2n) is 5.76. The minimum atomic E-state index is 0.0165. The molecule has 24 heavy (non-hydrogen) atoms. The van der Waals surface area contributed by atoms with Gasteiger partial charge in [0.05, 0.1) is 17.2 Å². The molecule has 0 spiro atoms. The Morgan fingerprint density at radius 3 is 2.83 bits per heavy atom. The number of nitrogens with zero attached hydrogens (tertiary/aromatic N) is 4. The molecular formula is C17H22N4O2S. The molecule has 6 nitrogen and oxygen atoms in total. The van der Waals surface area contributed by atoms with Crippen molar-refractivity contribution in [2.75, 3.05) is 0 Å². The summed E-state index contributed by atoms with van der Waals surface area (Å²) in [6.07, 6.45) is 3.90. The molecule has 0 N–H and O–H groups in total. The highest BCUT2D eigenvalue weighted by Crippen LogP contribution is 2.35. The normalized spacial score (nSPS) is 12.7. The van der Waals surface area contributed by atoms with E-state index >= 15 is 0 Å². The molecule has 0 bridgehead atoms. The van der Waals surface area contributed by atoms with Crippen molar-refractivity contribution >= 4 is 11.8 Å². The average Bonchev–Trinajstić information content (AvgIpc) is 3.28. The van der Waals surface area contributed by atoms with Crippen molar-refractivity contribution in [3.8, 4) is 11.6 Å². The Hall–Kier alpha value is -2.02. The zero-order valence-corrected chi connectivity index (χ0v) is 15.3. The highest BCUT2D eigenvalue weighted by molar-refractivity contribution is 7.99. The second-order valence-corrected chi connectivity index (χ2v) is 7.07. The van der Waals surface area contributed by atoms with Gasteiger partial charge in [-0.15, -0.1) is 0 Å². The first-order valence-electron chi connectivity index (χ1n) is 8.18. The van der Waals surface area contributed by atoms with E-state index in [1.165, 1.54) is 5.69 Å². The van der Waals surface area contributed by atoms with Gasteiger partial charge < -0.3 is 13.5 Å². The molecular weight excluding hydrogens is 324 g/mol. The van der Waals surface area contributed by atoms with Crippen molar-refractivity contribution in [1.29, 1.82) is 0 Å². The molecule has 3 heterocycles. The number of furan rings is 1. The van der Waals surface area contributed by atoms with Crippen molar-refractivity contribution in [3.05, 3.63) is 35.7 Å². The van der Waals surface area contributed by atoms with Crippen LogP contribution in [0.15, 0.2) is 32.5 Å². The van der Waals surface area contributed by atoms with Gasteiger partial charge in [-0.3, -0.25) is 0 Å². The number of hydrogen-bond acceptors (Lipinski definition) is 6. The molecule has 0 radical (unpaired) electrons. The summed E-state index contributed by atoms with van der Waals surface area (Å²) in [7, 11) is 0. The predicted octanol–water partition coefficient (Wildman–Crippen LogP) is 4.80. The summed E-state index contributed by atoms with van der Waals surface area (Å²) in [5.41, 5.74) is 2.29. The Labute approximate surface area is 145 Å². The summed E-state index contributed by atoms with van der Waals surface area (Å²) >= 11 is 1.64. The maximum absolute atomic E-state index is 5.40. The van der Waals surface area contributed by atoms with Crippen LogP contribution in [0.1, 0.15) is 49.2 Å². The molecule has 0 aromatic carbocycles. The third kappa shape index (κ3) is 3.40. The first-order valence-corrected chi connectivity index (χ1v) is 9.06. The van der Waals surface area contributed by atoms with Gasteiger partial charge in [-0.25, -0.2) is 4.98 Å². The van der Waals surface area contributed by atoms with E-state index in [-0.39, 0.29) is 5.25 Å². The lowest BCUT2D eigenvalue weighted by Gasteiger charge is -2.11. The summed E-state index contributed by atoms with van der Waals surface area (Å²) in [5, 5.41) is 5.02. The van der Waals surface area contributed by atoms with E-state index in [9.17, 15) is 0 Å². The van der Waals surface area contributed by atoms with Crippen LogP contribution in [0.3, 0.4) is 0 Å². The van der Waals surface area contributed by atoms with Gasteiger partial charge in [-0.05, 0) is 39.3 Å². The van der Waals surface area contributed by atoms with Gasteiger partial charge in [-0.1, -0.05) is 30.3 Å². The standard InChI is InChI=1S/C17H22N4O2S/c1-5-6-9-21-12(3)11(2)18-17(21)24-13(4)16-19-15(20-23-16)14-8-7-10-22-14/h7-8,10,13H,5-6,9H2,1-4H3/t13-/m0/s1. The maximum Gasteiger partial charge on any atom is 0.240 e. The van der Waals surface area contributed by atoms with Gasteiger partial charge in [0.1, 0.15) is 0 Å². The van der Waals surface area contributed by atoms with Gasteiger partial charge in [0.25, 0.3) is 0 Å². The molecule has 0 fully saturated rings. The van der Waals surface area contributed by atoms with E-state index in [4.69, 9.17) is 13.9 Å². The second kappa shape index (κ2) is 7.25. The van der Waals surface area contributed by atoms with E-state index in [1.807, 2.05) is 19.9 Å². The number of unbranched alkanes of at least 4 members (excludes halogenated alkanes) is 1. The minimum absolute atomic E-state index is 0.0165. The summed E-state index contributed by atoms with van der Waals surface area (Å²) in [6.45, 7) is 9.40. The number of aryl methyl sites for hydroxylation is 1. The Morgan fingerprint density at radius 2 is 2.12 bits per heavy atom. The molecule has 0 aliphatic heterocycles. The Balaban J connectivity index is 1.77. The van der Waals surface area contributed by atoms with Crippen LogP contribution in [0.2, 0.25) is 0 Å². The van der Waals surface area contributed by atoms with Crippen LogP contribution < -0.4 is 0 Å². The van der Waals surface area contributed by atoms with Crippen LogP contribution in [0.4, 0.5) is 0 Å². The highest BCUT2D eigenvalue weighted by atomic mass is 32.2. The molecule has 0 saturated carbocycles. The monoisotopic (exact) mass is 346 g/mol. The summed E-state index contributed by atoms with van der Waals surface area (Å²) in [5.74, 6) is 1.66. The molecule has 3 rings (SSSR count). The van der Waals surface area contributed by atoms with E-state index < -0.39 is 0 Å². The molecule has 1 atom stereocenters. The molecule has 3 aromatic rings. The van der Waals surface area contributed by atoms with Gasteiger partial charge >= 0.3 is 0 Å². The lowest BCUT2D eigenvalue weighted by Crippen LogP contribution is -2.03. The van der Waals surface area contributed by atoms with E-state index in [2.05, 4.69) is 28.6 Å². The van der Waals surface area contributed by atoms with Crippen LogP contribution in [0, 0.1) is 13.8 Å². The quantitative estimate of drug-likeness (QED) is 0.573. The predicted molar refractivity (Wildman–Crippen MR) is 92.9 cm³/mol. The first-order chi connectivity index (χ1) is 11.6. The topological polar surface area (TPSA) is 69.9 Å². The first kappa shape index (κ1) is 16.8. The zero-order valence-electron chi connectivity index (χ0n) is 14.4. The highest BCUT2D eigenvalue weighted by Gasteiger charge is 2.21.